The molecular formula is C17H23ClO2. The Morgan fingerprint density at radius 3 is 2.45 bits per heavy atom. The highest BCUT2D eigenvalue weighted by Crippen LogP contribution is 2.44. The minimum Gasteiger partial charge on any atom is -0.481 e. The molecule has 110 valence electrons. The van der Waals surface area contributed by atoms with Crippen LogP contribution in [0.1, 0.15) is 69.4 Å². The monoisotopic (exact) mass is 294 g/mol. The molecule has 1 aliphatic carbocycles. The predicted molar refractivity (Wildman–Crippen MR) is 82.5 cm³/mol. The number of hydrogen-bond acceptors (Lipinski definition) is 1. The van der Waals surface area contributed by atoms with Gasteiger partial charge >= 0.3 is 5.97 Å². The van der Waals surface area contributed by atoms with Crippen molar-refractivity contribution < 1.29 is 9.90 Å². The molecular weight excluding hydrogens is 272 g/mol. The minimum absolute atomic E-state index is 0.445. The van der Waals surface area contributed by atoms with E-state index in [9.17, 15) is 4.79 Å². The van der Waals surface area contributed by atoms with Gasteiger partial charge in [0.15, 0.2) is 0 Å². The summed E-state index contributed by atoms with van der Waals surface area (Å²) >= 11 is 6.39. The predicted octanol–water partition coefficient (Wildman–Crippen LogP) is 5.21. The fourth-order valence-electron chi connectivity index (χ4n) is 3.00. The van der Waals surface area contributed by atoms with E-state index in [0.29, 0.717) is 11.3 Å². The molecule has 0 amide bonds. The molecule has 0 bridgehead atoms. The van der Waals surface area contributed by atoms with Crippen LogP contribution in [0.4, 0.5) is 0 Å². The summed E-state index contributed by atoms with van der Waals surface area (Å²) in [4.78, 5) is 11.0. The van der Waals surface area contributed by atoms with Crippen molar-refractivity contribution in [2.45, 2.75) is 58.3 Å². The van der Waals surface area contributed by atoms with Crippen LogP contribution in [0.3, 0.4) is 0 Å². The third kappa shape index (κ3) is 3.35. The maximum atomic E-state index is 11.0. The molecule has 0 aliphatic heterocycles. The van der Waals surface area contributed by atoms with Gasteiger partial charge in [-0.3, -0.25) is 4.79 Å². The number of halogens is 1. The molecule has 1 N–H and O–H groups in total. The molecule has 1 aromatic carbocycles. The van der Waals surface area contributed by atoms with Crippen molar-refractivity contribution in [3.8, 4) is 0 Å². The first kappa shape index (κ1) is 15.4. The molecule has 2 nitrogen and oxygen atoms in total. The lowest BCUT2D eigenvalue weighted by atomic mass is 9.71. The summed E-state index contributed by atoms with van der Waals surface area (Å²) in [5.74, 6) is -0.801. The van der Waals surface area contributed by atoms with E-state index in [1.807, 2.05) is 18.2 Å². The highest BCUT2D eigenvalue weighted by Gasteiger charge is 2.28. The number of carboxylic acid groups (broad SMARTS) is 1. The van der Waals surface area contributed by atoms with E-state index in [4.69, 9.17) is 16.7 Å². The molecule has 1 atom stereocenters. The first-order chi connectivity index (χ1) is 9.30. The second-order valence-corrected chi connectivity index (χ2v) is 7.19. The molecule has 3 heteroatoms. The topological polar surface area (TPSA) is 37.3 Å². The van der Waals surface area contributed by atoms with Gasteiger partial charge in [0.05, 0.1) is 5.92 Å². The Morgan fingerprint density at radius 2 is 1.95 bits per heavy atom. The Hall–Kier alpha value is -1.02. The summed E-state index contributed by atoms with van der Waals surface area (Å²) in [6.45, 7) is 6.34. The molecule has 1 fully saturated rings. The Morgan fingerprint density at radius 1 is 1.35 bits per heavy atom. The molecule has 1 saturated carbocycles. The zero-order chi connectivity index (χ0) is 14.9. The van der Waals surface area contributed by atoms with Gasteiger partial charge in [-0.05, 0) is 61.1 Å². The van der Waals surface area contributed by atoms with Gasteiger partial charge < -0.3 is 5.11 Å². The maximum Gasteiger partial charge on any atom is 0.310 e. The van der Waals surface area contributed by atoms with Crippen LogP contribution in [0.5, 0.6) is 0 Å². The van der Waals surface area contributed by atoms with Crippen LogP contribution >= 0.6 is 11.6 Å². The number of carboxylic acids is 1. The minimum atomic E-state index is -0.812. The number of rotatable bonds is 3. The van der Waals surface area contributed by atoms with Crippen LogP contribution in [0.2, 0.25) is 5.02 Å². The molecule has 1 unspecified atom stereocenters. The number of benzene rings is 1. The van der Waals surface area contributed by atoms with Crippen LogP contribution in [-0.2, 0) is 4.79 Å². The fourth-order valence-corrected chi connectivity index (χ4v) is 3.34. The van der Waals surface area contributed by atoms with Crippen LogP contribution in [-0.4, -0.2) is 11.1 Å². The van der Waals surface area contributed by atoms with Crippen molar-refractivity contribution in [2.24, 2.45) is 5.41 Å². The Bertz CT molecular complexity index is 498. The first-order valence-corrected chi connectivity index (χ1v) is 7.70. The molecule has 1 aliphatic rings. The number of hydrogen-bond donors (Lipinski definition) is 1. The van der Waals surface area contributed by atoms with Crippen LogP contribution in [0.25, 0.3) is 0 Å². The Kier molecular flexibility index (Phi) is 4.43. The second kappa shape index (κ2) is 5.77. The zero-order valence-corrected chi connectivity index (χ0v) is 13.2. The van der Waals surface area contributed by atoms with E-state index in [-0.39, 0.29) is 0 Å². The van der Waals surface area contributed by atoms with Crippen molar-refractivity contribution in [1.29, 1.82) is 0 Å². The van der Waals surface area contributed by atoms with Gasteiger partial charge in [-0.25, -0.2) is 0 Å². The van der Waals surface area contributed by atoms with Crippen molar-refractivity contribution in [2.75, 3.05) is 0 Å². The summed E-state index contributed by atoms with van der Waals surface area (Å²) in [7, 11) is 0. The molecule has 0 aromatic heterocycles. The average Bonchev–Trinajstić information content (AvgIpc) is 2.38. The van der Waals surface area contributed by atoms with Gasteiger partial charge in [0.25, 0.3) is 0 Å². The highest BCUT2D eigenvalue weighted by molar-refractivity contribution is 6.31. The number of aliphatic carboxylic acids is 1. The summed E-state index contributed by atoms with van der Waals surface area (Å²) < 4.78 is 0. The van der Waals surface area contributed by atoms with Crippen molar-refractivity contribution in [1.82, 2.24) is 0 Å². The van der Waals surface area contributed by atoms with Crippen molar-refractivity contribution >= 4 is 17.6 Å². The van der Waals surface area contributed by atoms with Gasteiger partial charge in [-0.1, -0.05) is 37.6 Å². The summed E-state index contributed by atoms with van der Waals surface area (Å²) in [6.07, 6.45) is 4.78. The molecule has 0 radical (unpaired) electrons. The molecule has 20 heavy (non-hydrogen) atoms. The van der Waals surface area contributed by atoms with Gasteiger partial charge in [0.2, 0.25) is 0 Å². The second-order valence-electron chi connectivity index (χ2n) is 6.78. The lowest BCUT2D eigenvalue weighted by molar-refractivity contribution is -0.138. The van der Waals surface area contributed by atoms with Crippen molar-refractivity contribution in [3.05, 3.63) is 34.3 Å². The largest absolute Gasteiger partial charge is 0.481 e. The standard InChI is InChI=1S/C17H23ClO2/c1-11(16(19)20)13-4-5-14(15(18)10-13)12-6-8-17(2,3)9-7-12/h4-5,10-12H,6-9H2,1-3H3,(H,19,20). The lowest BCUT2D eigenvalue weighted by Gasteiger charge is -2.34. The Balaban J connectivity index is 2.16. The van der Waals surface area contributed by atoms with Crippen LogP contribution < -0.4 is 0 Å². The molecule has 0 saturated heterocycles. The van der Waals surface area contributed by atoms with E-state index >= 15 is 0 Å². The van der Waals surface area contributed by atoms with E-state index in [2.05, 4.69) is 13.8 Å². The Labute approximate surface area is 126 Å². The van der Waals surface area contributed by atoms with E-state index in [1.165, 1.54) is 31.2 Å². The first-order valence-electron chi connectivity index (χ1n) is 7.32. The molecule has 0 spiro atoms. The quantitative estimate of drug-likeness (QED) is 0.830. The lowest BCUT2D eigenvalue weighted by Crippen LogP contribution is -2.20. The van der Waals surface area contributed by atoms with Crippen LogP contribution in [0.15, 0.2) is 18.2 Å². The van der Waals surface area contributed by atoms with Gasteiger partial charge in [-0.15, -0.1) is 0 Å². The molecule has 0 heterocycles. The maximum absolute atomic E-state index is 11.0. The third-order valence-electron chi connectivity index (χ3n) is 4.67. The highest BCUT2D eigenvalue weighted by atomic mass is 35.5. The zero-order valence-electron chi connectivity index (χ0n) is 12.4. The van der Waals surface area contributed by atoms with Gasteiger partial charge in [0.1, 0.15) is 0 Å². The van der Waals surface area contributed by atoms with Gasteiger partial charge in [-0.2, -0.15) is 0 Å². The molecule has 2 rings (SSSR count). The van der Waals surface area contributed by atoms with Crippen molar-refractivity contribution in [3.63, 3.8) is 0 Å². The van der Waals surface area contributed by atoms with Gasteiger partial charge in [0, 0.05) is 5.02 Å². The van der Waals surface area contributed by atoms with E-state index in [0.717, 1.165) is 10.6 Å². The van der Waals surface area contributed by atoms with E-state index < -0.39 is 11.9 Å². The average molecular weight is 295 g/mol. The normalized spacial score (nSPS) is 20.6. The molecule has 1 aromatic rings. The summed E-state index contributed by atoms with van der Waals surface area (Å²) in [5, 5.41) is 9.78. The van der Waals surface area contributed by atoms with Crippen LogP contribution in [0, 0.1) is 5.41 Å². The van der Waals surface area contributed by atoms with E-state index in [1.54, 1.807) is 6.92 Å². The SMILES string of the molecule is CC(C(=O)O)c1ccc(C2CCC(C)(C)CC2)c(Cl)c1. The third-order valence-corrected chi connectivity index (χ3v) is 5.00. The number of carbonyl (C=O) groups is 1. The summed E-state index contributed by atoms with van der Waals surface area (Å²) in [6, 6.07) is 5.77. The smallest absolute Gasteiger partial charge is 0.310 e. The fraction of sp³-hybridized carbons (Fsp3) is 0.588. The summed E-state index contributed by atoms with van der Waals surface area (Å²) in [5.41, 5.74) is 2.41.